The topological polar surface area (TPSA) is 32.3 Å². The lowest BCUT2D eigenvalue weighted by Gasteiger charge is -2.21. The van der Waals surface area contributed by atoms with Crippen molar-refractivity contribution in [1.29, 1.82) is 0 Å². The number of rotatable bonds is 6. The molecule has 0 aromatic carbocycles. The summed E-state index contributed by atoms with van der Waals surface area (Å²) in [6, 6.07) is 0. The Balaban J connectivity index is 2.04. The van der Waals surface area contributed by atoms with E-state index in [1.807, 2.05) is 13.8 Å². The molecule has 2 nitrogen and oxygen atoms in total. The van der Waals surface area contributed by atoms with Crippen molar-refractivity contribution in [3.05, 3.63) is 11.6 Å². The predicted molar refractivity (Wildman–Crippen MR) is 60.3 cm³/mol. The van der Waals surface area contributed by atoms with Crippen molar-refractivity contribution in [2.75, 3.05) is 13.1 Å². The maximum absolute atomic E-state index is 9.74. The molecule has 2 N–H and O–H groups in total. The molecule has 0 aromatic heterocycles. The van der Waals surface area contributed by atoms with Gasteiger partial charge in [0.15, 0.2) is 0 Å². The Bertz CT molecular complexity index is 196. The molecule has 1 unspecified atom stereocenters. The highest BCUT2D eigenvalue weighted by Gasteiger charge is 2.16. The van der Waals surface area contributed by atoms with E-state index in [2.05, 4.69) is 11.4 Å². The van der Waals surface area contributed by atoms with E-state index in [0.29, 0.717) is 6.54 Å². The summed E-state index contributed by atoms with van der Waals surface area (Å²) in [5.41, 5.74) is 1.05. The molecule has 0 fully saturated rings. The van der Waals surface area contributed by atoms with E-state index in [4.69, 9.17) is 0 Å². The smallest absolute Gasteiger partial charge is 0.0740 e. The van der Waals surface area contributed by atoms with Crippen LogP contribution in [0.3, 0.4) is 0 Å². The molecule has 0 saturated carbocycles. The van der Waals surface area contributed by atoms with Gasteiger partial charge in [0, 0.05) is 6.54 Å². The van der Waals surface area contributed by atoms with Crippen LogP contribution < -0.4 is 5.32 Å². The second-order valence-electron chi connectivity index (χ2n) is 4.53. The molecule has 0 aliphatic heterocycles. The van der Waals surface area contributed by atoms with Gasteiger partial charge in [0.1, 0.15) is 0 Å². The average Bonchev–Trinajstić information content (AvgIpc) is 2.65. The van der Waals surface area contributed by atoms with Crippen molar-refractivity contribution >= 4 is 0 Å². The second kappa shape index (κ2) is 5.52. The quantitative estimate of drug-likeness (QED) is 0.505. The zero-order chi connectivity index (χ0) is 10.4. The van der Waals surface area contributed by atoms with Gasteiger partial charge in [-0.1, -0.05) is 18.6 Å². The van der Waals surface area contributed by atoms with Crippen LogP contribution in [0, 0.1) is 0 Å². The SMILES string of the molecule is CCC(C)(O)CNCCC1=CCCC1. The molecule has 1 aliphatic carbocycles. The molecule has 0 bridgehead atoms. The summed E-state index contributed by atoms with van der Waals surface area (Å²) >= 11 is 0. The minimum absolute atomic E-state index is 0.538. The summed E-state index contributed by atoms with van der Waals surface area (Å²) in [6.45, 7) is 5.61. The lowest BCUT2D eigenvalue weighted by atomic mass is 10.0. The van der Waals surface area contributed by atoms with Crippen LogP contribution in [0.15, 0.2) is 11.6 Å². The van der Waals surface area contributed by atoms with Crippen LogP contribution >= 0.6 is 0 Å². The summed E-state index contributed by atoms with van der Waals surface area (Å²) in [7, 11) is 0. The van der Waals surface area contributed by atoms with Gasteiger partial charge in [-0.3, -0.25) is 0 Å². The van der Waals surface area contributed by atoms with Crippen molar-refractivity contribution in [2.24, 2.45) is 0 Å². The highest BCUT2D eigenvalue weighted by molar-refractivity contribution is 5.07. The number of nitrogens with one attached hydrogen (secondary N) is 1. The first kappa shape index (κ1) is 11.7. The van der Waals surface area contributed by atoms with Crippen molar-refractivity contribution in [3.8, 4) is 0 Å². The monoisotopic (exact) mass is 197 g/mol. The first-order chi connectivity index (χ1) is 6.64. The first-order valence-electron chi connectivity index (χ1n) is 5.75. The third-order valence-corrected chi connectivity index (χ3v) is 3.03. The van der Waals surface area contributed by atoms with E-state index in [9.17, 15) is 5.11 Å². The summed E-state index contributed by atoms with van der Waals surface area (Å²) in [5.74, 6) is 0. The fourth-order valence-corrected chi connectivity index (χ4v) is 1.70. The fraction of sp³-hybridized carbons (Fsp3) is 0.833. The maximum Gasteiger partial charge on any atom is 0.0740 e. The minimum Gasteiger partial charge on any atom is -0.389 e. The Kier molecular flexibility index (Phi) is 4.63. The molecular weight excluding hydrogens is 174 g/mol. The number of allylic oxidation sites excluding steroid dienone is 1. The van der Waals surface area contributed by atoms with Crippen molar-refractivity contribution < 1.29 is 5.11 Å². The largest absolute Gasteiger partial charge is 0.389 e. The Labute approximate surface area is 87.4 Å². The average molecular weight is 197 g/mol. The Morgan fingerprint density at radius 3 is 2.93 bits per heavy atom. The van der Waals surface area contributed by atoms with Gasteiger partial charge in [-0.05, 0) is 45.6 Å². The van der Waals surface area contributed by atoms with E-state index in [0.717, 1.165) is 19.4 Å². The summed E-state index contributed by atoms with van der Waals surface area (Å²) in [6.07, 6.45) is 8.21. The zero-order valence-electron chi connectivity index (χ0n) is 9.47. The molecule has 1 atom stereocenters. The van der Waals surface area contributed by atoms with Gasteiger partial charge in [-0.15, -0.1) is 0 Å². The molecule has 0 heterocycles. The van der Waals surface area contributed by atoms with Crippen LogP contribution in [0.25, 0.3) is 0 Å². The van der Waals surface area contributed by atoms with E-state index in [1.165, 1.54) is 19.3 Å². The number of aliphatic hydroxyl groups is 1. The van der Waals surface area contributed by atoms with Crippen molar-refractivity contribution in [3.63, 3.8) is 0 Å². The van der Waals surface area contributed by atoms with Crippen LogP contribution in [0.5, 0.6) is 0 Å². The maximum atomic E-state index is 9.74. The molecule has 0 aromatic rings. The molecule has 14 heavy (non-hydrogen) atoms. The third kappa shape index (κ3) is 4.25. The van der Waals surface area contributed by atoms with Gasteiger partial charge >= 0.3 is 0 Å². The molecule has 1 rings (SSSR count). The highest BCUT2D eigenvalue weighted by Crippen LogP contribution is 2.19. The molecule has 0 spiro atoms. The highest BCUT2D eigenvalue weighted by atomic mass is 16.3. The second-order valence-corrected chi connectivity index (χ2v) is 4.53. The van der Waals surface area contributed by atoms with E-state index in [1.54, 1.807) is 5.57 Å². The number of hydrogen-bond donors (Lipinski definition) is 2. The van der Waals surface area contributed by atoms with E-state index >= 15 is 0 Å². The van der Waals surface area contributed by atoms with Crippen LogP contribution in [0.1, 0.15) is 46.0 Å². The molecule has 0 amide bonds. The van der Waals surface area contributed by atoms with Crippen LogP contribution in [-0.4, -0.2) is 23.8 Å². The predicted octanol–water partition coefficient (Wildman–Crippen LogP) is 2.24. The van der Waals surface area contributed by atoms with Gasteiger partial charge < -0.3 is 10.4 Å². The standard InChI is InChI=1S/C12H23NO/c1-3-12(2,14)10-13-9-8-11-6-4-5-7-11/h6,13-14H,3-5,7-10H2,1-2H3. The molecule has 1 aliphatic rings. The van der Waals surface area contributed by atoms with E-state index in [-0.39, 0.29) is 0 Å². The van der Waals surface area contributed by atoms with Crippen LogP contribution in [-0.2, 0) is 0 Å². The zero-order valence-corrected chi connectivity index (χ0v) is 9.47. The lowest BCUT2D eigenvalue weighted by molar-refractivity contribution is 0.0561. The molecule has 82 valence electrons. The van der Waals surface area contributed by atoms with E-state index < -0.39 is 5.60 Å². The third-order valence-electron chi connectivity index (χ3n) is 3.03. The summed E-state index contributed by atoms with van der Waals surface area (Å²) in [5, 5.41) is 13.1. The fourth-order valence-electron chi connectivity index (χ4n) is 1.70. The van der Waals surface area contributed by atoms with Crippen molar-refractivity contribution in [2.45, 2.75) is 51.6 Å². The van der Waals surface area contributed by atoms with Gasteiger partial charge in [-0.25, -0.2) is 0 Å². The molecular formula is C12H23NO. The Hall–Kier alpha value is -0.340. The first-order valence-corrected chi connectivity index (χ1v) is 5.75. The van der Waals surface area contributed by atoms with Crippen LogP contribution in [0.4, 0.5) is 0 Å². The normalized spacial score (nSPS) is 20.6. The summed E-state index contributed by atoms with van der Waals surface area (Å²) < 4.78 is 0. The van der Waals surface area contributed by atoms with Crippen LogP contribution in [0.2, 0.25) is 0 Å². The lowest BCUT2D eigenvalue weighted by Crippen LogP contribution is -2.37. The minimum atomic E-state index is -0.538. The Morgan fingerprint density at radius 2 is 2.36 bits per heavy atom. The van der Waals surface area contributed by atoms with Gasteiger partial charge in [-0.2, -0.15) is 0 Å². The van der Waals surface area contributed by atoms with Gasteiger partial charge in [0.25, 0.3) is 0 Å². The van der Waals surface area contributed by atoms with Gasteiger partial charge in [0.2, 0.25) is 0 Å². The van der Waals surface area contributed by atoms with Crippen molar-refractivity contribution in [1.82, 2.24) is 5.32 Å². The summed E-state index contributed by atoms with van der Waals surface area (Å²) in [4.78, 5) is 0. The van der Waals surface area contributed by atoms with Gasteiger partial charge in [0.05, 0.1) is 5.60 Å². The number of hydrogen-bond acceptors (Lipinski definition) is 2. The molecule has 0 saturated heterocycles. The molecule has 2 heteroatoms. The molecule has 0 radical (unpaired) electrons. The Morgan fingerprint density at radius 1 is 1.57 bits per heavy atom.